The molecule has 0 amide bonds. The zero-order valence-electron chi connectivity index (χ0n) is 16.4. The number of rotatable bonds is 1. The zero-order valence-corrected chi connectivity index (χ0v) is 16.4. The SMILES string of the molecule is Cc1c2c(cc3c1[nH]c1ccccc13)[C@@]1(C)CCC[C@@](C)(C(=O)O)[C@@H]1CC2. The molecule has 2 aliphatic carbocycles. The summed E-state index contributed by atoms with van der Waals surface area (Å²) in [6, 6.07) is 10.9. The van der Waals surface area contributed by atoms with Crippen molar-refractivity contribution in [2.45, 2.75) is 58.3 Å². The number of aromatic amines is 1. The Bertz CT molecular complexity index is 1090. The van der Waals surface area contributed by atoms with Gasteiger partial charge in [0.25, 0.3) is 0 Å². The molecule has 3 heteroatoms. The molecule has 140 valence electrons. The molecule has 1 heterocycles. The number of hydrogen-bond donors (Lipinski definition) is 2. The van der Waals surface area contributed by atoms with Crippen molar-refractivity contribution in [3.8, 4) is 0 Å². The Morgan fingerprint density at radius 1 is 1.19 bits per heavy atom. The van der Waals surface area contributed by atoms with Crippen molar-refractivity contribution in [2.24, 2.45) is 11.3 Å². The molecule has 0 spiro atoms. The molecule has 5 rings (SSSR count). The number of carbonyl (C=O) groups is 1. The number of carboxylic acids is 1. The van der Waals surface area contributed by atoms with E-state index in [1.165, 1.54) is 38.5 Å². The third-order valence-corrected chi connectivity index (χ3v) is 7.90. The van der Waals surface area contributed by atoms with Crippen molar-refractivity contribution in [3.63, 3.8) is 0 Å². The molecule has 0 unspecified atom stereocenters. The van der Waals surface area contributed by atoms with Crippen LogP contribution in [0.5, 0.6) is 0 Å². The first kappa shape index (κ1) is 16.9. The summed E-state index contributed by atoms with van der Waals surface area (Å²) in [4.78, 5) is 15.8. The molecule has 0 bridgehead atoms. The van der Waals surface area contributed by atoms with E-state index in [0.717, 1.165) is 32.1 Å². The fourth-order valence-electron chi connectivity index (χ4n) is 6.40. The van der Waals surface area contributed by atoms with Gasteiger partial charge in [-0.05, 0) is 79.7 Å². The predicted octanol–water partition coefficient (Wildman–Crippen LogP) is 5.72. The number of benzene rings is 2. The molecule has 0 saturated heterocycles. The van der Waals surface area contributed by atoms with Gasteiger partial charge in [0.2, 0.25) is 0 Å². The predicted molar refractivity (Wildman–Crippen MR) is 109 cm³/mol. The lowest BCUT2D eigenvalue weighted by molar-refractivity contribution is -0.157. The van der Waals surface area contributed by atoms with Gasteiger partial charge in [-0.15, -0.1) is 0 Å². The Morgan fingerprint density at radius 2 is 1.96 bits per heavy atom. The Labute approximate surface area is 159 Å². The first-order valence-corrected chi connectivity index (χ1v) is 10.1. The van der Waals surface area contributed by atoms with Crippen molar-refractivity contribution in [1.82, 2.24) is 4.98 Å². The normalized spacial score (nSPS) is 30.3. The first-order valence-electron chi connectivity index (χ1n) is 10.1. The monoisotopic (exact) mass is 361 g/mol. The van der Waals surface area contributed by atoms with Crippen molar-refractivity contribution in [3.05, 3.63) is 47.0 Å². The number of aromatic nitrogens is 1. The average Bonchev–Trinajstić information content (AvgIpc) is 3.01. The second-order valence-electron chi connectivity index (χ2n) is 9.21. The summed E-state index contributed by atoms with van der Waals surface area (Å²) < 4.78 is 0. The molecule has 3 aromatic rings. The third kappa shape index (κ3) is 2.06. The lowest BCUT2D eigenvalue weighted by atomic mass is 9.49. The van der Waals surface area contributed by atoms with Gasteiger partial charge in [0.1, 0.15) is 0 Å². The summed E-state index contributed by atoms with van der Waals surface area (Å²) in [6.45, 7) is 6.55. The fourth-order valence-corrected chi connectivity index (χ4v) is 6.40. The van der Waals surface area contributed by atoms with Gasteiger partial charge >= 0.3 is 5.97 Å². The molecule has 2 aromatic carbocycles. The Hall–Kier alpha value is -2.29. The number of aliphatic carboxylic acids is 1. The highest BCUT2D eigenvalue weighted by atomic mass is 16.4. The Kier molecular flexibility index (Phi) is 3.35. The molecular formula is C24H27NO2. The quantitative estimate of drug-likeness (QED) is 0.582. The van der Waals surface area contributed by atoms with Crippen LogP contribution in [0.1, 0.15) is 56.2 Å². The van der Waals surface area contributed by atoms with Crippen LogP contribution in [0.25, 0.3) is 21.8 Å². The van der Waals surface area contributed by atoms with Crippen LogP contribution in [0.3, 0.4) is 0 Å². The minimum absolute atomic E-state index is 0.0592. The van der Waals surface area contributed by atoms with E-state index in [4.69, 9.17) is 0 Å². The van der Waals surface area contributed by atoms with E-state index >= 15 is 0 Å². The molecule has 1 aromatic heterocycles. The highest BCUT2D eigenvalue weighted by Gasteiger charge is 2.55. The summed E-state index contributed by atoms with van der Waals surface area (Å²) in [7, 11) is 0. The molecule has 0 aliphatic heterocycles. The largest absolute Gasteiger partial charge is 0.481 e. The van der Waals surface area contributed by atoms with Gasteiger partial charge in [0, 0.05) is 21.8 Å². The summed E-state index contributed by atoms with van der Waals surface area (Å²) in [5.74, 6) is -0.419. The number of para-hydroxylation sites is 1. The maximum absolute atomic E-state index is 12.2. The molecule has 3 atom stereocenters. The average molecular weight is 361 g/mol. The number of hydrogen-bond acceptors (Lipinski definition) is 1. The standard InChI is InChI=1S/C24H27NO2/c1-14-15-9-10-20-23(2,11-6-12-24(20,3)22(26)27)18(15)13-17-16-7-4-5-8-19(16)25-21(14)17/h4-5,7-8,13,20,25H,6,9-12H2,1-3H3,(H,26,27)/t20-,23-,24-/m1/s1. The Morgan fingerprint density at radius 3 is 2.74 bits per heavy atom. The molecule has 1 saturated carbocycles. The molecule has 2 N–H and O–H groups in total. The van der Waals surface area contributed by atoms with E-state index in [-0.39, 0.29) is 11.3 Å². The van der Waals surface area contributed by atoms with Crippen molar-refractivity contribution < 1.29 is 9.90 Å². The summed E-state index contributed by atoms with van der Waals surface area (Å²) in [6.07, 6.45) is 4.82. The number of nitrogens with one attached hydrogen (secondary N) is 1. The van der Waals surface area contributed by atoms with E-state index in [2.05, 4.69) is 49.2 Å². The fraction of sp³-hybridized carbons (Fsp3) is 0.458. The molecule has 1 fully saturated rings. The van der Waals surface area contributed by atoms with Gasteiger partial charge in [0.05, 0.1) is 5.41 Å². The van der Waals surface area contributed by atoms with Crippen LogP contribution in [-0.4, -0.2) is 16.1 Å². The van der Waals surface area contributed by atoms with Crippen molar-refractivity contribution >= 4 is 27.8 Å². The maximum Gasteiger partial charge on any atom is 0.309 e. The molecular weight excluding hydrogens is 334 g/mol. The Balaban J connectivity index is 1.80. The zero-order chi connectivity index (χ0) is 19.0. The number of fused-ring (bicyclic) bond motifs is 6. The van der Waals surface area contributed by atoms with Gasteiger partial charge in [-0.25, -0.2) is 0 Å². The summed E-state index contributed by atoms with van der Waals surface area (Å²) in [5.41, 5.74) is 5.95. The number of H-pyrrole nitrogens is 1. The molecule has 27 heavy (non-hydrogen) atoms. The third-order valence-electron chi connectivity index (χ3n) is 7.90. The van der Waals surface area contributed by atoms with E-state index in [1.54, 1.807) is 0 Å². The van der Waals surface area contributed by atoms with Crippen LogP contribution in [-0.2, 0) is 16.6 Å². The van der Waals surface area contributed by atoms with E-state index < -0.39 is 11.4 Å². The minimum atomic E-state index is -0.619. The van der Waals surface area contributed by atoms with Crippen LogP contribution in [0.2, 0.25) is 0 Å². The van der Waals surface area contributed by atoms with E-state index in [0.29, 0.717) is 0 Å². The maximum atomic E-state index is 12.2. The summed E-state index contributed by atoms with van der Waals surface area (Å²) >= 11 is 0. The van der Waals surface area contributed by atoms with Crippen LogP contribution in [0, 0.1) is 18.3 Å². The van der Waals surface area contributed by atoms with E-state index in [9.17, 15) is 9.90 Å². The lowest BCUT2D eigenvalue weighted by Crippen LogP contribution is -2.52. The topological polar surface area (TPSA) is 53.1 Å². The minimum Gasteiger partial charge on any atom is -0.481 e. The van der Waals surface area contributed by atoms with Gasteiger partial charge in [-0.1, -0.05) is 31.5 Å². The second-order valence-corrected chi connectivity index (χ2v) is 9.21. The van der Waals surface area contributed by atoms with Crippen LogP contribution >= 0.6 is 0 Å². The lowest BCUT2D eigenvalue weighted by Gasteiger charge is -2.53. The smallest absolute Gasteiger partial charge is 0.309 e. The summed E-state index contributed by atoms with van der Waals surface area (Å²) in [5, 5.41) is 12.6. The van der Waals surface area contributed by atoms with Gasteiger partial charge in [-0.3, -0.25) is 4.79 Å². The second kappa shape index (κ2) is 5.37. The highest BCUT2D eigenvalue weighted by molar-refractivity contribution is 6.09. The van der Waals surface area contributed by atoms with Gasteiger partial charge < -0.3 is 10.1 Å². The first-order chi connectivity index (χ1) is 12.9. The van der Waals surface area contributed by atoms with Crippen LogP contribution in [0.4, 0.5) is 0 Å². The van der Waals surface area contributed by atoms with Crippen molar-refractivity contribution in [2.75, 3.05) is 0 Å². The van der Waals surface area contributed by atoms with Gasteiger partial charge in [0.15, 0.2) is 0 Å². The highest BCUT2D eigenvalue weighted by Crippen LogP contribution is 2.58. The van der Waals surface area contributed by atoms with E-state index in [1.807, 2.05) is 6.92 Å². The molecule has 3 nitrogen and oxygen atoms in total. The molecule has 2 aliphatic rings. The van der Waals surface area contributed by atoms with Crippen LogP contribution in [0.15, 0.2) is 30.3 Å². The van der Waals surface area contributed by atoms with Crippen molar-refractivity contribution in [1.29, 1.82) is 0 Å². The van der Waals surface area contributed by atoms with Crippen LogP contribution < -0.4 is 0 Å². The number of aryl methyl sites for hydroxylation is 1. The molecule has 0 radical (unpaired) electrons. The van der Waals surface area contributed by atoms with Gasteiger partial charge in [-0.2, -0.15) is 0 Å². The number of carboxylic acid groups (broad SMARTS) is 1.